The van der Waals surface area contributed by atoms with Gasteiger partial charge in [-0.2, -0.15) is 0 Å². The van der Waals surface area contributed by atoms with E-state index in [1.54, 1.807) is 58.5 Å². The lowest BCUT2D eigenvalue weighted by molar-refractivity contribution is -0.108. The zero-order chi connectivity index (χ0) is 18.1. The van der Waals surface area contributed by atoms with Gasteiger partial charge >= 0.3 is 0 Å². The molecule has 0 saturated carbocycles. The van der Waals surface area contributed by atoms with Crippen molar-refractivity contribution < 1.29 is 14.3 Å². The normalized spacial score (nSPS) is 10.9. The smallest absolute Gasteiger partial charge is 0.262 e. The summed E-state index contributed by atoms with van der Waals surface area (Å²) in [6, 6.07) is 12.3. The third-order valence-electron chi connectivity index (χ3n) is 4.15. The molecule has 25 heavy (non-hydrogen) atoms. The Morgan fingerprint density at radius 3 is 2.44 bits per heavy atom. The van der Waals surface area contributed by atoms with Gasteiger partial charge in [-0.15, -0.1) is 0 Å². The topological polar surface area (TPSA) is 48.3 Å². The quantitative estimate of drug-likeness (QED) is 0.409. The van der Waals surface area contributed by atoms with Crippen LogP contribution in [0.5, 0.6) is 5.75 Å². The Bertz CT molecular complexity index is 976. The highest BCUT2D eigenvalue weighted by Gasteiger charge is 2.21. The van der Waals surface area contributed by atoms with Crippen molar-refractivity contribution >= 4 is 54.8 Å². The number of halogens is 2. The molecular weight excluding hydrogens is 453 g/mol. The van der Waals surface area contributed by atoms with Crippen LogP contribution in [-0.2, 0) is 11.2 Å². The van der Waals surface area contributed by atoms with Gasteiger partial charge in [-0.1, -0.05) is 11.6 Å². The lowest BCUT2D eigenvalue weighted by Gasteiger charge is -2.08. The zero-order valence-electron chi connectivity index (χ0n) is 13.7. The fourth-order valence-corrected chi connectivity index (χ4v) is 3.44. The van der Waals surface area contributed by atoms with Crippen LogP contribution < -0.4 is 4.74 Å². The number of hydrogen-bond donors (Lipinski definition) is 0. The third kappa shape index (κ3) is 3.43. The summed E-state index contributed by atoms with van der Waals surface area (Å²) in [5.74, 6) is 0.530. The monoisotopic (exact) mass is 467 g/mol. The van der Waals surface area contributed by atoms with Crippen molar-refractivity contribution in [1.82, 2.24) is 4.57 Å². The number of nitrogens with zero attached hydrogens (tertiary/aromatic N) is 1. The summed E-state index contributed by atoms with van der Waals surface area (Å²) in [7, 11) is 1.59. The Morgan fingerprint density at radius 2 is 1.84 bits per heavy atom. The van der Waals surface area contributed by atoms with Crippen LogP contribution in [0.1, 0.15) is 21.6 Å². The number of aromatic nitrogens is 1. The molecule has 0 aliphatic carbocycles. The predicted octanol–water partition coefficient (Wildman–Crippen LogP) is 4.80. The van der Waals surface area contributed by atoms with Crippen LogP contribution in [0.4, 0.5) is 0 Å². The van der Waals surface area contributed by atoms with E-state index in [0.717, 1.165) is 22.2 Å². The van der Waals surface area contributed by atoms with E-state index in [0.29, 0.717) is 16.3 Å². The van der Waals surface area contributed by atoms with Crippen molar-refractivity contribution in [2.24, 2.45) is 0 Å². The first kappa shape index (κ1) is 17.9. The maximum Gasteiger partial charge on any atom is 0.262 e. The number of benzene rings is 2. The van der Waals surface area contributed by atoms with Gasteiger partial charge in [0, 0.05) is 28.1 Å². The largest absolute Gasteiger partial charge is 0.497 e. The fraction of sp³-hybridized carbons (Fsp3) is 0.158. The van der Waals surface area contributed by atoms with Crippen molar-refractivity contribution in [3.05, 3.63) is 64.3 Å². The van der Waals surface area contributed by atoms with Crippen molar-refractivity contribution in [1.29, 1.82) is 0 Å². The van der Waals surface area contributed by atoms with Crippen LogP contribution in [0.2, 0.25) is 5.02 Å². The maximum absolute atomic E-state index is 13.0. The van der Waals surface area contributed by atoms with E-state index in [2.05, 4.69) is 0 Å². The molecule has 6 heteroatoms. The molecule has 0 aliphatic heterocycles. The molecule has 0 bridgehead atoms. The number of hydrogen-bond acceptors (Lipinski definition) is 3. The third-order valence-corrected chi connectivity index (χ3v) is 4.79. The molecule has 0 atom stereocenters. The van der Waals surface area contributed by atoms with Gasteiger partial charge in [0.05, 0.1) is 12.6 Å². The second-order valence-corrected chi connectivity index (χ2v) is 7.27. The molecule has 0 spiro atoms. The number of fused-ring (bicyclic) bond motifs is 1. The lowest BCUT2D eigenvalue weighted by atomic mass is 10.1. The highest BCUT2D eigenvalue weighted by molar-refractivity contribution is 14.1. The molecule has 0 saturated heterocycles. The van der Waals surface area contributed by atoms with Crippen molar-refractivity contribution in [3.63, 3.8) is 0 Å². The van der Waals surface area contributed by atoms with Crippen molar-refractivity contribution in [2.45, 2.75) is 13.3 Å². The van der Waals surface area contributed by atoms with Gasteiger partial charge in [0.1, 0.15) is 5.75 Å². The van der Waals surface area contributed by atoms with Crippen molar-refractivity contribution in [2.75, 3.05) is 7.11 Å². The summed E-state index contributed by atoms with van der Waals surface area (Å²) >= 11 is 7.69. The minimum absolute atomic E-state index is 0.0153. The molecule has 128 valence electrons. The average Bonchev–Trinajstić information content (AvgIpc) is 2.86. The Kier molecular flexibility index (Phi) is 5.15. The molecule has 0 aliphatic rings. The van der Waals surface area contributed by atoms with Gasteiger partial charge in [-0.05, 0) is 77.5 Å². The summed E-state index contributed by atoms with van der Waals surface area (Å²) in [5, 5.41) is 1.43. The van der Waals surface area contributed by atoms with Crippen LogP contribution >= 0.6 is 34.2 Å². The Labute approximate surface area is 163 Å². The average molecular weight is 468 g/mol. The summed E-state index contributed by atoms with van der Waals surface area (Å²) in [5.41, 5.74) is 2.89. The first-order valence-corrected chi connectivity index (χ1v) is 9.04. The number of rotatable bonds is 4. The second kappa shape index (κ2) is 7.17. The minimum atomic E-state index is -0.156. The fourth-order valence-electron chi connectivity index (χ4n) is 2.93. The highest BCUT2D eigenvalue weighted by Crippen LogP contribution is 2.31. The molecule has 0 fully saturated rings. The highest BCUT2D eigenvalue weighted by atomic mass is 127. The molecule has 0 unspecified atom stereocenters. The second-order valence-electron chi connectivity index (χ2n) is 5.63. The molecule has 1 heterocycles. The number of ether oxygens (including phenoxy) is 1. The van der Waals surface area contributed by atoms with Crippen LogP contribution in [-0.4, -0.2) is 21.4 Å². The number of methoxy groups -OCH3 is 1. The Balaban J connectivity index is 2.23. The van der Waals surface area contributed by atoms with E-state index in [-0.39, 0.29) is 16.1 Å². The first-order chi connectivity index (χ1) is 11.9. The van der Waals surface area contributed by atoms with E-state index in [9.17, 15) is 9.59 Å². The summed E-state index contributed by atoms with van der Waals surface area (Å²) < 4.78 is 6.96. The molecular formula is C19H15ClINO3. The van der Waals surface area contributed by atoms with Gasteiger partial charge in [0.25, 0.3) is 5.91 Å². The molecule has 2 aromatic carbocycles. The van der Waals surface area contributed by atoms with Gasteiger partial charge in [-0.25, -0.2) is 0 Å². The number of carbonyl (C=O) groups is 2. The predicted molar refractivity (Wildman–Crippen MR) is 107 cm³/mol. The maximum atomic E-state index is 13.0. The molecule has 0 amide bonds. The first-order valence-electron chi connectivity index (χ1n) is 7.59. The van der Waals surface area contributed by atoms with Crippen molar-refractivity contribution in [3.8, 4) is 5.75 Å². The van der Waals surface area contributed by atoms with Crippen LogP contribution in [0.25, 0.3) is 10.9 Å². The molecule has 0 radical (unpaired) electrons. The van der Waals surface area contributed by atoms with Gasteiger partial charge < -0.3 is 4.74 Å². The number of carbonyl (C=O) groups excluding carboxylic acids is 2. The molecule has 4 nitrogen and oxygen atoms in total. The van der Waals surface area contributed by atoms with E-state index in [1.165, 1.54) is 0 Å². The molecule has 3 rings (SSSR count). The SMILES string of the molecule is COc1ccc2c(c1)c(CC(=O)I)c(C)n2C(=O)c1ccc(Cl)cc1. The molecule has 0 N–H and O–H groups in total. The van der Waals surface area contributed by atoms with E-state index < -0.39 is 0 Å². The lowest BCUT2D eigenvalue weighted by Crippen LogP contribution is -2.13. The van der Waals surface area contributed by atoms with Crippen LogP contribution in [0.15, 0.2) is 42.5 Å². The summed E-state index contributed by atoms with van der Waals surface area (Å²) in [4.78, 5) is 24.7. The standard InChI is InChI=1S/C19H15ClINO3/c1-11-15(10-18(21)23)16-9-14(25-2)7-8-17(16)22(11)19(24)12-3-5-13(20)6-4-12/h3-9H,10H2,1-2H3. The van der Waals surface area contributed by atoms with E-state index in [4.69, 9.17) is 16.3 Å². The Morgan fingerprint density at radius 1 is 1.16 bits per heavy atom. The van der Waals surface area contributed by atoms with E-state index in [1.807, 2.05) is 25.1 Å². The molecule has 3 aromatic rings. The summed E-state index contributed by atoms with van der Waals surface area (Å²) in [6.45, 7) is 1.86. The Hall–Kier alpha value is -1.86. The van der Waals surface area contributed by atoms with Gasteiger partial charge in [-0.3, -0.25) is 14.2 Å². The van der Waals surface area contributed by atoms with Gasteiger partial charge in [0.15, 0.2) is 3.79 Å². The minimum Gasteiger partial charge on any atom is -0.497 e. The zero-order valence-corrected chi connectivity index (χ0v) is 16.6. The molecule has 1 aromatic heterocycles. The summed E-state index contributed by atoms with van der Waals surface area (Å²) in [6.07, 6.45) is 0.261. The van der Waals surface area contributed by atoms with E-state index >= 15 is 0 Å². The van der Waals surface area contributed by atoms with Crippen LogP contribution in [0, 0.1) is 6.92 Å². The van der Waals surface area contributed by atoms with Crippen LogP contribution in [0.3, 0.4) is 0 Å². The van der Waals surface area contributed by atoms with Gasteiger partial charge in [0.2, 0.25) is 0 Å².